The predicted molar refractivity (Wildman–Crippen MR) is 87.3 cm³/mol. The van der Waals surface area contributed by atoms with Gasteiger partial charge in [-0.1, -0.05) is 5.16 Å². The normalized spacial score (nSPS) is 17.3. The van der Waals surface area contributed by atoms with Gasteiger partial charge >= 0.3 is 5.97 Å². The van der Waals surface area contributed by atoms with Crippen molar-refractivity contribution in [1.82, 2.24) is 4.98 Å². The molecule has 1 aliphatic carbocycles. The minimum absolute atomic E-state index is 0.0489. The number of nitrogens with two attached hydrogens (primary N) is 1. The first-order valence-electron chi connectivity index (χ1n) is 7.35. The molecule has 0 amide bonds. The van der Waals surface area contributed by atoms with E-state index in [1.165, 1.54) is 18.3 Å². The van der Waals surface area contributed by atoms with E-state index in [1.54, 1.807) is 26.2 Å². The molecule has 126 valence electrons. The van der Waals surface area contributed by atoms with E-state index in [2.05, 4.69) is 10.1 Å². The van der Waals surface area contributed by atoms with E-state index in [0.29, 0.717) is 23.7 Å². The van der Waals surface area contributed by atoms with Crippen LogP contribution in [0.25, 0.3) is 0 Å². The lowest BCUT2D eigenvalue weighted by Crippen LogP contribution is -2.50. The number of ether oxygens (including phenoxy) is 1. The number of Topliss-reactive ketones (excluding diaryl/α,β-unsaturated/α-hetero) is 1. The first kappa shape index (κ1) is 17.4. The molecule has 1 aliphatic rings. The van der Waals surface area contributed by atoms with Crippen molar-refractivity contribution < 1.29 is 19.2 Å². The second-order valence-corrected chi connectivity index (χ2v) is 7.40. The average molecular weight is 339 g/mol. The summed E-state index contributed by atoms with van der Waals surface area (Å²) in [6, 6.07) is 0. The Hall–Kier alpha value is -1.96. The lowest BCUT2D eigenvalue weighted by atomic mass is 9.80. The standard InChI is InChI=1S/C15H21N3O4S/c1-9(19)11(10-8-23-13(16)17-10)18-22-15(6-5-7-15)12(20)21-14(2,3)4/h8H,5-7H2,1-4H3,(H2,16,17)/b18-11+. The Morgan fingerprint density at radius 3 is 2.43 bits per heavy atom. The maximum absolute atomic E-state index is 12.4. The molecule has 0 aromatic carbocycles. The lowest BCUT2D eigenvalue weighted by molar-refractivity contribution is -0.196. The van der Waals surface area contributed by atoms with Gasteiger partial charge in [-0.2, -0.15) is 0 Å². The molecule has 0 saturated heterocycles. The van der Waals surface area contributed by atoms with Gasteiger partial charge in [0.25, 0.3) is 0 Å². The molecule has 1 heterocycles. The third-order valence-corrected chi connectivity index (χ3v) is 4.02. The van der Waals surface area contributed by atoms with Crippen LogP contribution in [0.1, 0.15) is 52.7 Å². The van der Waals surface area contributed by atoms with Crippen LogP contribution in [0.4, 0.5) is 5.13 Å². The van der Waals surface area contributed by atoms with Gasteiger partial charge in [0.05, 0.1) is 0 Å². The number of hydrogen-bond donors (Lipinski definition) is 1. The summed E-state index contributed by atoms with van der Waals surface area (Å²) < 4.78 is 5.40. The van der Waals surface area contributed by atoms with E-state index in [9.17, 15) is 9.59 Å². The number of carbonyl (C=O) groups is 2. The first-order chi connectivity index (χ1) is 10.6. The molecular weight excluding hydrogens is 318 g/mol. The smallest absolute Gasteiger partial charge is 0.353 e. The Balaban J connectivity index is 2.20. The maximum atomic E-state index is 12.4. The Morgan fingerprint density at radius 1 is 1.39 bits per heavy atom. The number of rotatable bonds is 5. The molecule has 2 rings (SSSR count). The lowest BCUT2D eigenvalue weighted by Gasteiger charge is -2.38. The highest BCUT2D eigenvalue weighted by atomic mass is 32.1. The van der Waals surface area contributed by atoms with Gasteiger partial charge in [-0.15, -0.1) is 11.3 Å². The van der Waals surface area contributed by atoms with Crippen molar-refractivity contribution in [2.24, 2.45) is 5.16 Å². The molecule has 0 spiro atoms. The van der Waals surface area contributed by atoms with Crippen molar-refractivity contribution in [3.8, 4) is 0 Å². The summed E-state index contributed by atoms with van der Waals surface area (Å²) in [6.07, 6.45) is 1.86. The predicted octanol–water partition coefficient (Wildman–Crippen LogP) is 2.30. The number of hydrogen-bond acceptors (Lipinski definition) is 8. The summed E-state index contributed by atoms with van der Waals surface area (Å²) in [5.41, 5.74) is 4.25. The number of nitrogen functional groups attached to an aromatic ring is 1. The summed E-state index contributed by atoms with van der Waals surface area (Å²) in [7, 11) is 0. The summed E-state index contributed by atoms with van der Waals surface area (Å²) in [5, 5.41) is 5.86. The minimum Gasteiger partial charge on any atom is -0.457 e. The van der Waals surface area contributed by atoms with Crippen LogP contribution in [0.15, 0.2) is 10.5 Å². The number of oxime groups is 1. The molecule has 1 aromatic heterocycles. The fourth-order valence-electron chi connectivity index (χ4n) is 2.02. The maximum Gasteiger partial charge on any atom is 0.353 e. The monoisotopic (exact) mass is 339 g/mol. The SMILES string of the molecule is CC(=O)/C(=N\OC1(C(=O)OC(C)(C)C)CCC1)c1csc(N)n1. The fourth-order valence-corrected chi connectivity index (χ4v) is 2.57. The summed E-state index contributed by atoms with van der Waals surface area (Å²) in [6.45, 7) is 6.73. The van der Waals surface area contributed by atoms with Gasteiger partial charge in [0, 0.05) is 25.1 Å². The molecule has 2 N–H and O–H groups in total. The highest BCUT2D eigenvalue weighted by Crippen LogP contribution is 2.38. The van der Waals surface area contributed by atoms with Crippen LogP contribution in [0.3, 0.4) is 0 Å². The summed E-state index contributed by atoms with van der Waals surface area (Å²) in [5.74, 6) is -0.769. The van der Waals surface area contributed by atoms with Gasteiger partial charge in [-0.3, -0.25) is 4.79 Å². The molecule has 0 bridgehead atoms. The molecule has 0 aliphatic heterocycles. The Bertz CT molecular complexity index is 641. The van der Waals surface area contributed by atoms with Crippen molar-refractivity contribution in [1.29, 1.82) is 0 Å². The molecule has 7 nitrogen and oxygen atoms in total. The number of anilines is 1. The van der Waals surface area contributed by atoms with Crippen molar-refractivity contribution in [2.45, 2.75) is 58.2 Å². The van der Waals surface area contributed by atoms with Crippen molar-refractivity contribution >= 4 is 33.9 Å². The van der Waals surface area contributed by atoms with E-state index in [-0.39, 0.29) is 11.5 Å². The number of carbonyl (C=O) groups excluding carboxylic acids is 2. The van der Waals surface area contributed by atoms with Gasteiger partial charge in [-0.05, 0) is 27.2 Å². The average Bonchev–Trinajstić information content (AvgIpc) is 2.76. The van der Waals surface area contributed by atoms with Gasteiger partial charge < -0.3 is 15.3 Å². The third-order valence-electron chi connectivity index (χ3n) is 3.34. The van der Waals surface area contributed by atoms with Crippen LogP contribution in [0, 0.1) is 0 Å². The Kier molecular flexibility index (Phi) is 4.74. The van der Waals surface area contributed by atoms with E-state index in [0.717, 1.165) is 6.42 Å². The zero-order valence-corrected chi connectivity index (χ0v) is 14.5. The van der Waals surface area contributed by atoms with Gasteiger partial charge in [-0.25, -0.2) is 9.78 Å². The highest BCUT2D eigenvalue weighted by molar-refractivity contribution is 7.13. The molecule has 1 saturated carbocycles. The fraction of sp³-hybridized carbons (Fsp3) is 0.600. The van der Waals surface area contributed by atoms with Crippen LogP contribution in [0.2, 0.25) is 0 Å². The summed E-state index contributed by atoms with van der Waals surface area (Å²) >= 11 is 1.20. The van der Waals surface area contributed by atoms with E-state index >= 15 is 0 Å². The largest absolute Gasteiger partial charge is 0.457 e. The number of ketones is 1. The van der Waals surface area contributed by atoms with Gasteiger partial charge in [0.1, 0.15) is 11.3 Å². The Morgan fingerprint density at radius 2 is 2.04 bits per heavy atom. The molecule has 0 unspecified atom stereocenters. The minimum atomic E-state index is -1.12. The first-order valence-corrected chi connectivity index (χ1v) is 8.23. The quantitative estimate of drug-likeness (QED) is 0.501. The number of thiazole rings is 1. The molecule has 0 atom stereocenters. The summed E-state index contributed by atoms with van der Waals surface area (Å²) in [4.78, 5) is 33.6. The van der Waals surface area contributed by atoms with Crippen LogP contribution >= 0.6 is 11.3 Å². The molecule has 1 aromatic rings. The molecule has 23 heavy (non-hydrogen) atoms. The molecule has 0 radical (unpaired) electrons. The number of nitrogens with zero attached hydrogens (tertiary/aromatic N) is 2. The van der Waals surface area contributed by atoms with Crippen molar-refractivity contribution in [3.05, 3.63) is 11.1 Å². The second-order valence-electron chi connectivity index (χ2n) is 6.51. The van der Waals surface area contributed by atoms with Crippen LogP contribution in [-0.4, -0.2) is 33.7 Å². The van der Waals surface area contributed by atoms with Gasteiger partial charge in [0.2, 0.25) is 5.60 Å². The zero-order valence-electron chi connectivity index (χ0n) is 13.7. The van der Waals surface area contributed by atoms with Crippen LogP contribution in [-0.2, 0) is 19.2 Å². The van der Waals surface area contributed by atoms with E-state index in [4.69, 9.17) is 15.3 Å². The topological polar surface area (TPSA) is 104 Å². The molecule has 1 fully saturated rings. The van der Waals surface area contributed by atoms with E-state index in [1.807, 2.05) is 0 Å². The van der Waals surface area contributed by atoms with E-state index < -0.39 is 17.2 Å². The third kappa shape index (κ3) is 4.07. The number of aromatic nitrogens is 1. The van der Waals surface area contributed by atoms with Crippen LogP contribution in [0.5, 0.6) is 0 Å². The molecule has 8 heteroatoms. The molecular formula is C15H21N3O4S. The van der Waals surface area contributed by atoms with Gasteiger partial charge in [0.15, 0.2) is 16.6 Å². The highest BCUT2D eigenvalue weighted by Gasteiger charge is 2.50. The Labute approximate surface area is 138 Å². The zero-order chi connectivity index (χ0) is 17.3. The van der Waals surface area contributed by atoms with Crippen molar-refractivity contribution in [2.75, 3.05) is 5.73 Å². The van der Waals surface area contributed by atoms with Crippen molar-refractivity contribution in [3.63, 3.8) is 0 Å². The second kappa shape index (κ2) is 6.27. The van der Waals surface area contributed by atoms with Crippen LogP contribution < -0.4 is 5.73 Å². The number of esters is 1.